The van der Waals surface area contributed by atoms with Crippen LogP contribution in [0.4, 0.5) is 0 Å². The number of amides is 1. The van der Waals surface area contributed by atoms with E-state index in [-0.39, 0.29) is 18.1 Å². The lowest BCUT2D eigenvalue weighted by Crippen LogP contribution is -2.25. The van der Waals surface area contributed by atoms with Gasteiger partial charge in [-0.2, -0.15) is 0 Å². The second-order valence-electron chi connectivity index (χ2n) is 4.49. The lowest BCUT2D eigenvalue weighted by atomic mass is 10.1. The summed E-state index contributed by atoms with van der Waals surface area (Å²) in [4.78, 5) is 22.0. The van der Waals surface area contributed by atoms with Crippen molar-refractivity contribution in [2.75, 3.05) is 6.54 Å². The highest BCUT2D eigenvalue weighted by Crippen LogP contribution is 2.02. The van der Waals surface area contributed by atoms with Crippen LogP contribution in [0.25, 0.3) is 0 Å². The maximum Gasteiger partial charge on any atom is 0.325 e. The van der Waals surface area contributed by atoms with Gasteiger partial charge >= 0.3 is 5.97 Å². The zero-order valence-electron chi connectivity index (χ0n) is 10.6. The summed E-state index contributed by atoms with van der Waals surface area (Å²) in [5, 5.41) is 18.4. The van der Waals surface area contributed by atoms with Crippen LogP contribution >= 0.6 is 0 Å². The van der Waals surface area contributed by atoms with Gasteiger partial charge in [0.2, 0.25) is 0 Å². The maximum atomic E-state index is 11.6. The van der Waals surface area contributed by atoms with Crippen LogP contribution in [0.1, 0.15) is 37.2 Å². The van der Waals surface area contributed by atoms with Crippen molar-refractivity contribution in [3.63, 3.8) is 0 Å². The Kier molecular flexibility index (Phi) is 5.29. The molecule has 2 N–H and O–H groups in total. The van der Waals surface area contributed by atoms with Crippen LogP contribution in [-0.2, 0) is 11.3 Å². The maximum absolute atomic E-state index is 11.6. The molecule has 0 aliphatic carbocycles. The molecule has 0 aliphatic rings. The Bertz CT molecular complexity index is 414. The molecule has 0 spiro atoms. The van der Waals surface area contributed by atoms with Crippen LogP contribution in [0, 0.1) is 5.92 Å². The first-order chi connectivity index (χ1) is 8.49. The molecule has 0 unspecified atom stereocenters. The van der Waals surface area contributed by atoms with Gasteiger partial charge in [-0.3, -0.25) is 9.59 Å². The lowest BCUT2D eigenvalue weighted by molar-refractivity contribution is -0.137. The molecule has 100 valence electrons. The summed E-state index contributed by atoms with van der Waals surface area (Å²) >= 11 is 0. The Labute approximate surface area is 105 Å². The van der Waals surface area contributed by atoms with Gasteiger partial charge in [0.1, 0.15) is 6.54 Å². The van der Waals surface area contributed by atoms with Gasteiger partial charge in [-0.05, 0) is 18.8 Å². The van der Waals surface area contributed by atoms with E-state index in [1.54, 1.807) is 0 Å². The van der Waals surface area contributed by atoms with Crippen molar-refractivity contribution in [1.29, 1.82) is 0 Å². The molecule has 7 nitrogen and oxygen atoms in total. The van der Waals surface area contributed by atoms with Gasteiger partial charge < -0.3 is 10.4 Å². The van der Waals surface area contributed by atoms with E-state index >= 15 is 0 Å². The molecule has 0 aromatic carbocycles. The normalized spacial score (nSPS) is 10.6. The second-order valence-corrected chi connectivity index (χ2v) is 4.49. The van der Waals surface area contributed by atoms with E-state index in [2.05, 4.69) is 29.5 Å². The van der Waals surface area contributed by atoms with Gasteiger partial charge in [0.15, 0.2) is 5.69 Å². The number of carbonyl (C=O) groups is 2. The molecule has 0 fully saturated rings. The molecule has 1 heterocycles. The van der Waals surface area contributed by atoms with Gasteiger partial charge in [0.05, 0.1) is 6.20 Å². The van der Waals surface area contributed by atoms with Crippen molar-refractivity contribution in [1.82, 2.24) is 20.3 Å². The highest BCUT2D eigenvalue weighted by molar-refractivity contribution is 5.91. The smallest absolute Gasteiger partial charge is 0.325 e. The molecule has 1 amide bonds. The lowest BCUT2D eigenvalue weighted by Gasteiger charge is -2.04. The first-order valence-corrected chi connectivity index (χ1v) is 5.89. The van der Waals surface area contributed by atoms with Crippen LogP contribution in [0.2, 0.25) is 0 Å². The molecule has 0 saturated carbocycles. The van der Waals surface area contributed by atoms with E-state index in [4.69, 9.17) is 5.11 Å². The molecule has 1 aromatic rings. The van der Waals surface area contributed by atoms with Crippen LogP contribution < -0.4 is 5.32 Å². The molecule has 0 radical (unpaired) electrons. The van der Waals surface area contributed by atoms with Crippen LogP contribution in [0.15, 0.2) is 6.20 Å². The van der Waals surface area contributed by atoms with E-state index in [9.17, 15) is 9.59 Å². The topological polar surface area (TPSA) is 97.1 Å². The van der Waals surface area contributed by atoms with Crippen molar-refractivity contribution >= 4 is 11.9 Å². The highest BCUT2D eigenvalue weighted by Gasteiger charge is 2.11. The number of nitrogens with one attached hydrogen (secondary N) is 1. The fourth-order valence-electron chi connectivity index (χ4n) is 1.42. The summed E-state index contributed by atoms with van der Waals surface area (Å²) < 4.78 is 1.12. The summed E-state index contributed by atoms with van der Waals surface area (Å²) in [6.45, 7) is 4.54. The Morgan fingerprint density at radius 1 is 1.50 bits per heavy atom. The largest absolute Gasteiger partial charge is 0.480 e. The van der Waals surface area contributed by atoms with Crippen LogP contribution in [-0.4, -0.2) is 38.5 Å². The summed E-state index contributed by atoms with van der Waals surface area (Å²) in [7, 11) is 0. The molecule has 0 bridgehead atoms. The number of nitrogens with zero attached hydrogens (tertiary/aromatic N) is 3. The minimum absolute atomic E-state index is 0.140. The van der Waals surface area contributed by atoms with Crippen molar-refractivity contribution in [2.24, 2.45) is 5.92 Å². The Hall–Kier alpha value is -1.92. The number of rotatable bonds is 7. The summed E-state index contributed by atoms with van der Waals surface area (Å²) in [5.74, 6) is -0.738. The average Bonchev–Trinajstić information content (AvgIpc) is 2.71. The quantitative estimate of drug-likeness (QED) is 0.692. The summed E-state index contributed by atoms with van der Waals surface area (Å²) in [6, 6.07) is 0. The molecule has 1 rings (SSSR count). The third-order valence-electron chi connectivity index (χ3n) is 2.31. The standard InChI is InChI=1S/C11H18N4O3/c1-8(2)4-3-5-12-11(18)9-6-15(14-13-9)7-10(16)17/h6,8H,3-5,7H2,1-2H3,(H,12,18)(H,16,17). The van der Waals surface area contributed by atoms with Crippen molar-refractivity contribution in [3.8, 4) is 0 Å². The average molecular weight is 254 g/mol. The molecule has 0 aliphatic heterocycles. The van der Waals surface area contributed by atoms with Gasteiger partial charge in [-0.15, -0.1) is 5.10 Å². The Balaban J connectivity index is 2.37. The summed E-state index contributed by atoms with van der Waals surface area (Å²) in [6.07, 6.45) is 3.28. The minimum Gasteiger partial charge on any atom is -0.480 e. The van der Waals surface area contributed by atoms with E-state index in [1.807, 2.05) is 0 Å². The SMILES string of the molecule is CC(C)CCCNC(=O)c1cn(CC(=O)O)nn1. The number of carboxylic acids is 1. The molecule has 7 heteroatoms. The molecule has 0 atom stereocenters. The number of hydrogen-bond acceptors (Lipinski definition) is 4. The molecular formula is C11H18N4O3. The minimum atomic E-state index is -1.02. The number of aliphatic carboxylic acids is 1. The van der Waals surface area contributed by atoms with E-state index < -0.39 is 5.97 Å². The highest BCUT2D eigenvalue weighted by atomic mass is 16.4. The second kappa shape index (κ2) is 6.73. The number of carboxylic acid groups (broad SMARTS) is 1. The first kappa shape index (κ1) is 14.1. The Morgan fingerprint density at radius 3 is 2.83 bits per heavy atom. The fraction of sp³-hybridized carbons (Fsp3) is 0.636. The number of hydrogen-bond donors (Lipinski definition) is 2. The van der Waals surface area contributed by atoms with Gasteiger partial charge in [-0.1, -0.05) is 19.1 Å². The predicted octanol–water partition coefficient (Wildman–Crippen LogP) is 0.529. The number of aromatic nitrogens is 3. The predicted molar refractivity (Wildman–Crippen MR) is 64.1 cm³/mol. The van der Waals surface area contributed by atoms with E-state index in [0.29, 0.717) is 12.5 Å². The van der Waals surface area contributed by atoms with Crippen LogP contribution in [0.5, 0.6) is 0 Å². The van der Waals surface area contributed by atoms with Gasteiger partial charge in [0.25, 0.3) is 5.91 Å². The fourth-order valence-corrected chi connectivity index (χ4v) is 1.42. The van der Waals surface area contributed by atoms with Crippen LogP contribution in [0.3, 0.4) is 0 Å². The van der Waals surface area contributed by atoms with Crippen molar-refractivity contribution in [2.45, 2.75) is 33.2 Å². The summed E-state index contributed by atoms with van der Waals surface area (Å²) in [5.41, 5.74) is 0.140. The zero-order valence-corrected chi connectivity index (χ0v) is 10.6. The monoisotopic (exact) mass is 254 g/mol. The third-order valence-corrected chi connectivity index (χ3v) is 2.31. The molecular weight excluding hydrogens is 236 g/mol. The molecule has 0 saturated heterocycles. The molecule has 18 heavy (non-hydrogen) atoms. The van der Waals surface area contributed by atoms with Crippen molar-refractivity contribution < 1.29 is 14.7 Å². The van der Waals surface area contributed by atoms with Gasteiger partial charge in [-0.25, -0.2) is 4.68 Å². The van der Waals surface area contributed by atoms with Gasteiger partial charge in [0, 0.05) is 6.54 Å². The number of carbonyl (C=O) groups excluding carboxylic acids is 1. The first-order valence-electron chi connectivity index (χ1n) is 5.89. The third kappa shape index (κ3) is 4.94. The Morgan fingerprint density at radius 2 is 2.22 bits per heavy atom. The van der Waals surface area contributed by atoms with Crippen molar-refractivity contribution in [3.05, 3.63) is 11.9 Å². The molecule has 1 aromatic heterocycles. The van der Waals surface area contributed by atoms with E-state index in [0.717, 1.165) is 17.5 Å². The zero-order chi connectivity index (χ0) is 13.5. The van der Waals surface area contributed by atoms with E-state index in [1.165, 1.54) is 6.20 Å².